The van der Waals surface area contributed by atoms with E-state index in [2.05, 4.69) is 24.1 Å². The number of nitrogens with one attached hydrogen (secondary N) is 1. The minimum atomic E-state index is -3.74. The second-order valence-electron chi connectivity index (χ2n) is 7.62. The van der Waals surface area contributed by atoms with Crippen molar-refractivity contribution in [3.8, 4) is 0 Å². The largest absolute Gasteiger partial charge is 0.350 e. The van der Waals surface area contributed by atoms with Crippen LogP contribution in [0.3, 0.4) is 0 Å². The maximum absolute atomic E-state index is 13.4. The highest BCUT2D eigenvalue weighted by molar-refractivity contribution is 7.91. The van der Waals surface area contributed by atoms with Gasteiger partial charge in [-0.05, 0) is 54.3 Å². The first-order valence-electron chi connectivity index (χ1n) is 9.87. The molecule has 0 fully saturated rings. The van der Waals surface area contributed by atoms with Crippen molar-refractivity contribution in [1.29, 1.82) is 0 Å². The number of sulfone groups is 1. The van der Waals surface area contributed by atoms with Crippen LogP contribution in [0, 0.1) is 6.92 Å². The zero-order valence-electron chi connectivity index (χ0n) is 17.4. The van der Waals surface area contributed by atoms with Gasteiger partial charge in [-0.15, -0.1) is 0 Å². The van der Waals surface area contributed by atoms with E-state index in [4.69, 9.17) is 0 Å². The zero-order valence-corrected chi connectivity index (χ0v) is 18.2. The molecule has 0 spiro atoms. The molecule has 1 aromatic heterocycles. The molecule has 1 atom stereocenters. The van der Waals surface area contributed by atoms with Crippen molar-refractivity contribution < 1.29 is 13.2 Å². The molecule has 3 rings (SSSR count). The van der Waals surface area contributed by atoms with Crippen molar-refractivity contribution in [1.82, 2.24) is 10.3 Å². The van der Waals surface area contributed by atoms with Gasteiger partial charge in [0, 0.05) is 24.5 Å². The van der Waals surface area contributed by atoms with Crippen LogP contribution in [0.1, 0.15) is 52.1 Å². The van der Waals surface area contributed by atoms with E-state index in [1.54, 1.807) is 42.6 Å². The summed E-state index contributed by atoms with van der Waals surface area (Å²) >= 11 is 0. The standard InChI is InChI=1S/C24H26N2O3S/c1-17(2)19-10-12-22(13-11-19)30(28,29)23(21-5-4-14-25-15-21)16-26-24(27)20-8-6-18(3)7-9-20/h4-15,17,23H,16H2,1-3H3,(H,26,27)/t23-/m1/s1. The molecule has 3 aromatic rings. The van der Waals surface area contributed by atoms with Gasteiger partial charge in [0.25, 0.3) is 5.91 Å². The van der Waals surface area contributed by atoms with Crippen molar-refractivity contribution in [2.75, 3.05) is 6.54 Å². The highest BCUT2D eigenvalue weighted by atomic mass is 32.2. The summed E-state index contributed by atoms with van der Waals surface area (Å²) in [4.78, 5) is 16.8. The van der Waals surface area contributed by atoms with E-state index in [0.29, 0.717) is 17.0 Å². The van der Waals surface area contributed by atoms with E-state index in [9.17, 15) is 13.2 Å². The number of amides is 1. The summed E-state index contributed by atoms with van der Waals surface area (Å²) in [5, 5.41) is 1.84. The maximum atomic E-state index is 13.4. The minimum Gasteiger partial charge on any atom is -0.350 e. The van der Waals surface area contributed by atoms with Crippen molar-refractivity contribution in [3.05, 3.63) is 95.3 Å². The van der Waals surface area contributed by atoms with E-state index in [-0.39, 0.29) is 17.3 Å². The number of aryl methyl sites for hydroxylation is 1. The molecule has 0 saturated heterocycles. The highest BCUT2D eigenvalue weighted by Crippen LogP contribution is 2.29. The number of hydrogen-bond acceptors (Lipinski definition) is 4. The van der Waals surface area contributed by atoms with Crippen LogP contribution in [0.25, 0.3) is 0 Å². The SMILES string of the molecule is Cc1ccc(C(=O)NC[C@H](c2cccnc2)S(=O)(=O)c2ccc(C(C)C)cc2)cc1. The first-order valence-corrected chi connectivity index (χ1v) is 11.4. The molecule has 6 heteroatoms. The van der Waals surface area contributed by atoms with Crippen molar-refractivity contribution in [2.24, 2.45) is 0 Å². The summed E-state index contributed by atoms with van der Waals surface area (Å²) in [5.41, 5.74) is 3.14. The Kier molecular flexibility index (Phi) is 6.67. The molecule has 0 aliphatic rings. The van der Waals surface area contributed by atoms with Crippen LogP contribution in [-0.2, 0) is 9.84 Å². The van der Waals surface area contributed by atoms with Crippen LogP contribution >= 0.6 is 0 Å². The van der Waals surface area contributed by atoms with Crippen molar-refractivity contribution in [2.45, 2.75) is 36.8 Å². The van der Waals surface area contributed by atoms with E-state index in [0.717, 1.165) is 11.1 Å². The van der Waals surface area contributed by atoms with E-state index in [1.165, 1.54) is 6.20 Å². The number of benzene rings is 2. The fraction of sp³-hybridized carbons (Fsp3) is 0.250. The molecular weight excluding hydrogens is 396 g/mol. The number of hydrogen-bond donors (Lipinski definition) is 1. The minimum absolute atomic E-state index is 0.0489. The van der Waals surface area contributed by atoms with Crippen LogP contribution < -0.4 is 5.32 Å². The van der Waals surface area contributed by atoms with Gasteiger partial charge in [0.15, 0.2) is 9.84 Å². The number of nitrogens with zero attached hydrogens (tertiary/aromatic N) is 1. The van der Waals surface area contributed by atoms with E-state index < -0.39 is 15.1 Å². The second kappa shape index (κ2) is 9.22. The first-order chi connectivity index (χ1) is 14.3. The fourth-order valence-electron chi connectivity index (χ4n) is 3.17. The molecule has 5 nitrogen and oxygen atoms in total. The Morgan fingerprint density at radius 3 is 2.20 bits per heavy atom. The maximum Gasteiger partial charge on any atom is 0.251 e. The van der Waals surface area contributed by atoms with Gasteiger partial charge in [0.05, 0.1) is 4.90 Å². The van der Waals surface area contributed by atoms with Crippen LogP contribution in [-0.4, -0.2) is 25.9 Å². The highest BCUT2D eigenvalue weighted by Gasteiger charge is 2.30. The summed E-state index contributed by atoms with van der Waals surface area (Å²) in [6.45, 7) is 6.01. The fourth-order valence-corrected chi connectivity index (χ4v) is 4.82. The van der Waals surface area contributed by atoms with Crippen LogP contribution in [0.4, 0.5) is 0 Å². The van der Waals surface area contributed by atoms with Crippen LogP contribution in [0.5, 0.6) is 0 Å². The van der Waals surface area contributed by atoms with Crippen molar-refractivity contribution in [3.63, 3.8) is 0 Å². The molecule has 1 N–H and O–H groups in total. The van der Waals surface area contributed by atoms with Crippen molar-refractivity contribution >= 4 is 15.7 Å². The Balaban J connectivity index is 1.88. The van der Waals surface area contributed by atoms with Gasteiger partial charge in [0.2, 0.25) is 0 Å². The molecule has 0 saturated carbocycles. The molecule has 30 heavy (non-hydrogen) atoms. The molecular formula is C24H26N2O3S. The quantitative estimate of drug-likeness (QED) is 0.610. The Bertz CT molecular complexity index is 1090. The Labute approximate surface area is 178 Å². The number of aromatic nitrogens is 1. The normalized spacial score (nSPS) is 12.5. The number of carbonyl (C=O) groups excluding carboxylic acids is 1. The summed E-state index contributed by atoms with van der Waals surface area (Å²) in [6, 6.07) is 17.5. The monoisotopic (exact) mass is 422 g/mol. The predicted molar refractivity (Wildman–Crippen MR) is 118 cm³/mol. The molecule has 0 radical (unpaired) electrons. The molecule has 1 heterocycles. The van der Waals surface area contributed by atoms with Gasteiger partial charge >= 0.3 is 0 Å². The van der Waals surface area contributed by atoms with Gasteiger partial charge in [-0.25, -0.2) is 8.42 Å². The number of rotatable bonds is 7. The third-order valence-electron chi connectivity index (χ3n) is 5.07. The van der Waals surface area contributed by atoms with E-state index in [1.807, 2.05) is 31.2 Å². The Hall–Kier alpha value is -2.99. The summed E-state index contributed by atoms with van der Waals surface area (Å²) in [6.07, 6.45) is 3.12. The summed E-state index contributed by atoms with van der Waals surface area (Å²) in [7, 11) is -3.74. The topological polar surface area (TPSA) is 76.1 Å². The molecule has 0 aliphatic carbocycles. The molecule has 0 unspecified atom stereocenters. The average molecular weight is 423 g/mol. The zero-order chi connectivity index (χ0) is 21.7. The Morgan fingerprint density at radius 2 is 1.63 bits per heavy atom. The van der Waals surface area contributed by atoms with Gasteiger partial charge in [-0.1, -0.05) is 49.7 Å². The molecule has 1 amide bonds. The molecule has 0 aliphatic heterocycles. The van der Waals surface area contributed by atoms with Crippen LogP contribution in [0.2, 0.25) is 0 Å². The molecule has 156 valence electrons. The molecule has 0 bridgehead atoms. The lowest BCUT2D eigenvalue weighted by Crippen LogP contribution is -2.32. The third kappa shape index (κ3) is 4.94. The third-order valence-corrected chi connectivity index (χ3v) is 7.19. The smallest absolute Gasteiger partial charge is 0.251 e. The van der Waals surface area contributed by atoms with Gasteiger partial charge in [-0.2, -0.15) is 0 Å². The van der Waals surface area contributed by atoms with Gasteiger partial charge < -0.3 is 5.32 Å². The number of pyridine rings is 1. The first kappa shape index (κ1) is 21.7. The second-order valence-corrected chi connectivity index (χ2v) is 9.75. The lowest BCUT2D eigenvalue weighted by Gasteiger charge is -2.19. The van der Waals surface area contributed by atoms with Gasteiger partial charge in [0.1, 0.15) is 5.25 Å². The average Bonchev–Trinajstić information content (AvgIpc) is 2.75. The van der Waals surface area contributed by atoms with Crippen LogP contribution in [0.15, 0.2) is 78.0 Å². The lowest BCUT2D eigenvalue weighted by molar-refractivity contribution is 0.0953. The molecule has 2 aromatic carbocycles. The Morgan fingerprint density at radius 1 is 0.967 bits per heavy atom. The predicted octanol–water partition coefficient (Wildman–Crippen LogP) is 4.46. The van der Waals surface area contributed by atoms with E-state index >= 15 is 0 Å². The number of carbonyl (C=O) groups is 1. The van der Waals surface area contributed by atoms with Gasteiger partial charge in [-0.3, -0.25) is 9.78 Å². The lowest BCUT2D eigenvalue weighted by atomic mass is 10.0. The summed E-state index contributed by atoms with van der Waals surface area (Å²) < 4.78 is 26.9. The summed E-state index contributed by atoms with van der Waals surface area (Å²) in [5.74, 6) is -0.00100.